The topological polar surface area (TPSA) is 70.7 Å². The van der Waals surface area contributed by atoms with Crippen LogP contribution < -0.4 is 10.6 Å². The van der Waals surface area contributed by atoms with Crippen molar-refractivity contribution < 1.29 is 14.3 Å². The number of anilines is 1. The Morgan fingerprint density at radius 2 is 1.96 bits per heavy atom. The largest absolute Gasteiger partial charge is 0.383 e. The average Bonchev–Trinajstić information content (AvgIpc) is 3.32. The number of carbonyl (C=O) groups is 2. The highest BCUT2D eigenvalue weighted by Crippen LogP contribution is 2.19. The summed E-state index contributed by atoms with van der Waals surface area (Å²) in [6, 6.07) is 7.09. The minimum atomic E-state index is -0.199. The van der Waals surface area contributed by atoms with Gasteiger partial charge in [0, 0.05) is 30.9 Å². The summed E-state index contributed by atoms with van der Waals surface area (Å²) in [6.07, 6.45) is 2.10. The summed E-state index contributed by atoms with van der Waals surface area (Å²) in [7, 11) is 1.63. The second kappa shape index (κ2) is 7.97. The molecule has 0 saturated heterocycles. The molecule has 1 aliphatic carbocycles. The third-order valence-electron chi connectivity index (χ3n) is 3.84. The molecule has 1 aromatic carbocycles. The number of methoxy groups -OCH3 is 1. The maximum Gasteiger partial charge on any atom is 0.319 e. The molecule has 6 nitrogen and oxygen atoms in total. The van der Waals surface area contributed by atoms with E-state index < -0.39 is 0 Å². The third kappa shape index (κ3) is 4.96. The molecule has 0 aromatic heterocycles. The van der Waals surface area contributed by atoms with Crippen LogP contribution in [0, 0.1) is 0 Å². The van der Waals surface area contributed by atoms with Gasteiger partial charge in [0.15, 0.2) is 0 Å². The molecule has 0 heterocycles. The van der Waals surface area contributed by atoms with Crippen LogP contribution >= 0.6 is 0 Å². The predicted octanol–water partition coefficient (Wildman–Crippen LogP) is 2.47. The number of rotatable bonds is 7. The Hall–Kier alpha value is -2.08. The van der Waals surface area contributed by atoms with Crippen molar-refractivity contribution in [2.24, 2.45) is 0 Å². The van der Waals surface area contributed by atoms with E-state index in [1.807, 2.05) is 13.8 Å². The molecule has 0 unspecified atom stereocenters. The first-order valence-corrected chi connectivity index (χ1v) is 8.02. The zero-order chi connectivity index (χ0) is 16.8. The predicted molar refractivity (Wildman–Crippen MR) is 89.7 cm³/mol. The van der Waals surface area contributed by atoms with Gasteiger partial charge >= 0.3 is 6.03 Å². The second-order valence-corrected chi connectivity index (χ2v) is 5.85. The molecule has 0 radical (unpaired) electrons. The van der Waals surface area contributed by atoms with E-state index in [0.717, 1.165) is 12.8 Å². The van der Waals surface area contributed by atoms with E-state index in [2.05, 4.69) is 10.6 Å². The Balaban J connectivity index is 1.96. The van der Waals surface area contributed by atoms with Gasteiger partial charge in [0.05, 0.1) is 12.6 Å². The van der Waals surface area contributed by atoms with Crippen molar-refractivity contribution in [1.29, 1.82) is 0 Å². The SMILES string of the molecule is CCN(C(=O)c1ccc(NC(=O)NC2CC2)cc1)[C@@H](C)COC. The van der Waals surface area contributed by atoms with Crippen molar-refractivity contribution in [3.63, 3.8) is 0 Å². The number of carbonyl (C=O) groups excluding carboxylic acids is 2. The number of likely N-dealkylation sites (N-methyl/N-ethyl adjacent to an activating group) is 1. The Labute approximate surface area is 137 Å². The highest BCUT2D eigenvalue weighted by atomic mass is 16.5. The van der Waals surface area contributed by atoms with Gasteiger partial charge in [0.2, 0.25) is 0 Å². The van der Waals surface area contributed by atoms with Crippen molar-refractivity contribution in [3.05, 3.63) is 29.8 Å². The fourth-order valence-electron chi connectivity index (χ4n) is 2.43. The van der Waals surface area contributed by atoms with Crippen LogP contribution in [0.15, 0.2) is 24.3 Å². The highest BCUT2D eigenvalue weighted by molar-refractivity contribution is 5.95. The number of hydrogen-bond donors (Lipinski definition) is 2. The van der Waals surface area contributed by atoms with Crippen LogP contribution in [0.4, 0.5) is 10.5 Å². The number of urea groups is 1. The summed E-state index contributed by atoms with van der Waals surface area (Å²) in [4.78, 5) is 26.0. The second-order valence-electron chi connectivity index (χ2n) is 5.85. The molecule has 0 aliphatic heterocycles. The number of ether oxygens (including phenoxy) is 1. The van der Waals surface area contributed by atoms with Gasteiger partial charge in [-0.3, -0.25) is 4.79 Å². The molecule has 1 fully saturated rings. The van der Waals surface area contributed by atoms with Gasteiger partial charge in [-0.15, -0.1) is 0 Å². The fourth-order valence-corrected chi connectivity index (χ4v) is 2.43. The monoisotopic (exact) mass is 319 g/mol. The van der Waals surface area contributed by atoms with Crippen LogP contribution in [-0.2, 0) is 4.74 Å². The van der Waals surface area contributed by atoms with E-state index in [1.54, 1.807) is 36.3 Å². The third-order valence-corrected chi connectivity index (χ3v) is 3.84. The Bertz CT molecular complexity index is 541. The van der Waals surface area contributed by atoms with E-state index >= 15 is 0 Å². The first-order chi connectivity index (χ1) is 11.0. The molecule has 1 atom stereocenters. The average molecular weight is 319 g/mol. The van der Waals surface area contributed by atoms with Crippen LogP contribution in [0.25, 0.3) is 0 Å². The van der Waals surface area contributed by atoms with Crippen molar-refractivity contribution in [2.45, 2.75) is 38.8 Å². The summed E-state index contributed by atoms with van der Waals surface area (Å²) in [5.41, 5.74) is 1.27. The number of benzene rings is 1. The van der Waals surface area contributed by atoms with E-state index in [0.29, 0.717) is 30.4 Å². The van der Waals surface area contributed by atoms with Crippen LogP contribution in [0.5, 0.6) is 0 Å². The summed E-state index contributed by atoms with van der Waals surface area (Å²) < 4.78 is 5.12. The van der Waals surface area contributed by atoms with Gasteiger partial charge in [-0.2, -0.15) is 0 Å². The summed E-state index contributed by atoms with van der Waals surface area (Å²) in [5.74, 6) is -0.0361. The van der Waals surface area contributed by atoms with Gasteiger partial charge < -0.3 is 20.3 Å². The number of nitrogens with zero attached hydrogens (tertiary/aromatic N) is 1. The number of nitrogens with one attached hydrogen (secondary N) is 2. The Morgan fingerprint density at radius 1 is 1.30 bits per heavy atom. The van der Waals surface area contributed by atoms with Gasteiger partial charge in [0.25, 0.3) is 5.91 Å². The molecule has 0 spiro atoms. The summed E-state index contributed by atoms with van der Waals surface area (Å²) in [6.45, 7) is 5.03. The first kappa shape index (κ1) is 17.3. The van der Waals surface area contributed by atoms with E-state index in [1.165, 1.54) is 0 Å². The fraction of sp³-hybridized carbons (Fsp3) is 0.529. The van der Waals surface area contributed by atoms with Crippen LogP contribution in [0.3, 0.4) is 0 Å². The summed E-state index contributed by atoms with van der Waals surface area (Å²) in [5, 5.41) is 5.63. The lowest BCUT2D eigenvalue weighted by Gasteiger charge is -2.27. The van der Waals surface area contributed by atoms with E-state index in [-0.39, 0.29) is 18.0 Å². The molecule has 126 valence electrons. The Morgan fingerprint density at radius 3 is 2.48 bits per heavy atom. The minimum Gasteiger partial charge on any atom is -0.383 e. The lowest BCUT2D eigenvalue weighted by atomic mass is 10.1. The molecule has 23 heavy (non-hydrogen) atoms. The molecular weight excluding hydrogens is 294 g/mol. The van der Waals surface area contributed by atoms with Crippen molar-refractivity contribution >= 4 is 17.6 Å². The highest BCUT2D eigenvalue weighted by Gasteiger charge is 2.23. The molecule has 0 bridgehead atoms. The van der Waals surface area contributed by atoms with Crippen molar-refractivity contribution in [3.8, 4) is 0 Å². The minimum absolute atomic E-state index is 0.0135. The van der Waals surface area contributed by atoms with Crippen LogP contribution in [-0.4, -0.2) is 49.2 Å². The lowest BCUT2D eigenvalue weighted by molar-refractivity contribution is 0.0579. The van der Waals surface area contributed by atoms with Crippen molar-refractivity contribution in [1.82, 2.24) is 10.2 Å². The van der Waals surface area contributed by atoms with E-state index in [9.17, 15) is 9.59 Å². The molecule has 2 N–H and O–H groups in total. The van der Waals surface area contributed by atoms with Gasteiger partial charge in [-0.1, -0.05) is 0 Å². The molecule has 1 aromatic rings. The molecular formula is C17H25N3O3. The van der Waals surface area contributed by atoms with E-state index in [4.69, 9.17) is 4.74 Å². The normalized spacial score (nSPS) is 14.9. The maximum atomic E-state index is 12.6. The molecule has 3 amide bonds. The molecule has 2 rings (SSSR count). The Kier molecular flexibility index (Phi) is 5.98. The van der Waals surface area contributed by atoms with Gasteiger partial charge in [0.1, 0.15) is 0 Å². The van der Waals surface area contributed by atoms with Crippen molar-refractivity contribution in [2.75, 3.05) is 25.6 Å². The van der Waals surface area contributed by atoms with Crippen LogP contribution in [0.2, 0.25) is 0 Å². The molecule has 1 saturated carbocycles. The summed E-state index contributed by atoms with van der Waals surface area (Å²) >= 11 is 0. The zero-order valence-corrected chi connectivity index (χ0v) is 14.0. The number of hydrogen-bond acceptors (Lipinski definition) is 3. The smallest absolute Gasteiger partial charge is 0.319 e. The quantitative estimate of drug-likeness (QED) is 0.811. The first-order valence-electron chi connectivity index (χ1n) is 8.02. The van der Waals surface area contributed by atoms with Gasteiger partial charge in [-0.05, 0) is 51.0 Å². The molecule has 1 aliphatic rings. The lowest BCUT2D eigenvalue weighted by Crippen LogP contribution is -2.40. The standard InChI is InChI=1S/C17H25N3O3/c1-4-20(12(2)11-23-3)16(21)13-5-7-14(8-6-13)18-17(22)19-15-9-10-15/h5-8,12,15H,4,9-11H2,1-3H3,(H2,18,19,22)/t12-/m0/s1. The zero-order valence-electron chi connectivity index (χ0n) is 14.0. The van der Waals surface area contributed by atoms with Gasteiger partial charge in [-0.25, -0.2) is 4.79 Å². The maximum absolute atomic E-state index is 12.6. The number of amides is 3. The molecule has 6 heteroatoms. The van der Waals surface area contributed by atoms with Crippen LogP contribution in [0.1, 0.15) is 37.0 Å².